The molecular formula is C36H80O7Si5. The minimum Gasteiger partial charge on any atom is -0.517 e. The number of hydrogen-bond donors (Lipinski definition) is 0. The van der Waals surface area contributed by atoms with Crippen LogP contribution in [0.2, 0.25) is 90.7 Å². The maximum atomic E-state index is 14.9. The summed E-state index contributed by atoms with van der Waals surface area (Å²) in [5.41, 5.74) is 0. The van der Waals surface area contributed by atoms with E-state index in [0.717, 1.165) is 6.29 Å². The third kappa shape index (κ3) is 12.1. The van der Waals surface area contributed by atoms with Crippen molar-refractivity contribution in [3.8, 4) is 0 Å². The van der Waals surface area contributed by atoms with Gasteiger partial charge in [-0.3, -0.25) is 4.79 Å². The fourth-order valence-corrected chi connectivity index (χ4v) is 9.51. The standard InChI is InChI=1S/C36H80O7Si5/c1-32(2,3)44(16,17)39-27(26-37)28(40-45(18,19)33(4,5)6)29(41-46(20,21)34(7,8)9)30(42-47(22,23)35(10,11)12)31(38)43-48(24,25)36(13,14)15/h26-30H,1-25H3/t27-,28+,29-,30-/m0/s1. The minimum atomic E-state index is -2.62. The molecule has 0 rings (SSSR count). The van der Waals surface area contributed by atoms with Crippen LogP contribution in [-0.2, 0) is 31.7 Å². The van der Waals surface area contributed by atoms with E-state index in [9.17, 15) is 9.59 Å². The van der Waals surface area contributed by atoms with E-state index in [2.05, 4.69) is 169 Å². The van der Waals surface area contributed by atoms with Crippen LogP contribution in [0.1, 0.15) is 104 Å². The highest BCUT2D eigenvalue weighted by Crippen LogP contribution is 2.46. The number of carbonyl (C=O) groups excluding carboxylic acids is 2. The van der Waals surface area contributed by atoms with Crippen LogP contribution in [0.4, 0.5) is 0 Å². The zero-order chi connectivity index (χ0) is 39.1. The summed E-state index contributed by atoms with van der Waals surface area (Å²) in [6.07, 6.45) is -3.04. The molecule has 0 aliphatic heterocycles. The van der Waals surface area contributed by atoms with Gasteiger partial charge in [0.15, 0.2) is 39.4 Å². The van der Waals surface area contributed by atoms with Gasteiger partial charge in [0.2, 0.25) is 0 Å². The summed E-state index contributed by atoms with van der Waals surface area (Å²) in [5, 5.41) is -0.970. The smallest absolute Gasteiger partial charge is 0.323 e. The van der Waals surface area contributed by atoms with Crippen molar-refractivity contribution in [3.63, 3.8) is 0 Å². The van der Waals surface area contributed by atoms with Gasteiger partial charge in [0.25, 0.3) is 8.32 Å². The van der Waals surface area contributed by atoms with E-state index < -0.39 is 72.0 Å². The molecule has 0 aromatic heterocycles. The van der Waals surface area contributed by atoms with Gasteiger partial charge >= 0.3 is 5.97 Å². The molecule has 12 heteroatoms. The van der Waals surface area contributed by atoms with Crippen molar-refractivity contribution in [3.05, 3.63) is 0 Å². The molecule has 48 heavy (non-hydrogen) atoms. The van der Waals surface area contributed by atoms with E-state index >= 15 is 0 Å². The lowest BCUT2D eigenvalue weighted by atomic mass is 10.0. The predicted molar refractivity (Wildman–Crippen MR) is 218 cm³/mol. The average Bonchev–Trinajstić information content (AvgIpc) is 2.79. The van der Waals surface area contributed by atoms with Crippen LogP contribution in [0.15, 0.2) is 0 Å². The SMILES string of the molecule is CC(C)(C)[Si](C)(C)OC(=O)[C@@H](O[Si](C)(C)C(C)(C)C)[C@@H](O[Si](C)(C)C(C)(C)C)[C@H](O[Si](C)(C)C(C)(C)C)[C@H](C=O)O[Si](C)(C)C(C)(C)C. The molecule has 0 amide bonds. The summed E-state index contributed by atoms with van der Waals surface area (Å²) < 4.78 is 35.4. The highest BCUT2D eigenvalue weighted by Gasteiger charge is 2.55. The van der Waals surface area contributed by atoms with Crippen LogP contribution in [0.5, 0.6) is 0 Å². The van der Waals surface area contributed by atoms with Crippen LogP contribution in [0.25, 0.3) is 0 Å². The highest BCUT2D eigenvalue weighted by atomic mass is 28.4. The third-order valence-electron chi connectivity index (χ3n) is 12.4. The van der Waals surface area contributed by atoms with Crippen molar-refractivity contribution in [1.29, 1.82) is 0 Å². The molecule has 286 valence electrons. The molecule has 0 spiro atoms. The molecule has 0 fully saturated rings. The molecule has 7 nitrogen and oxygen atoms in total. The topological polar surface area (TPSA) is 80.3 Å². The molecule has 0 saturated carbocycles. The molecule has 0 aromatic rings. The molecule has 0 aliphatic carbocycles. The summed E-state index contributed by atoms with van der Waals surface area (Å²) in [5.74, 6) is -0.434. The Morgan fingerprint density at radius 2 is 0.708 bits per heavy atom. The lowest BCUT2D eigenvalue weighted by molar-refractivity contribution is -0.157. The molecule has 0 unspecified atom stereocenters. The average molecular weight is 765 g/mol. The second-order valence-corrected chi connectivity index (χ2v) is 45.4. The van der Waals surface area contributed by atoms with Gasteiger partial charge < -0.3 is 26.9 Å². The molecular weight excluding hydrogens is 685 g/mol. The van der Waals surface area contributed by atoms with E-state index in [0.29, 0.717) is 0 Å². The number of rotatable bonds is 14. The van der Waals surface area contributed by atoms with Crippen molar-refractivity contribution in [2.24, 2.45) is 0 Å². The number of hydrogen-bond acceptors (Lipinski definition) is 7. The van der Waals surface area contributed by atoms with E-state index in [1.165, 1.54) is 0 Å². The van der Waals surface area contributed by atoms with Crippen LogP contribution < -0.4 is 0 Å². The highest BCUT2D eigenvalue weighted by molar-refractivity contribution is 6.77. The van der Waals surface area contributed by atoms with E-state index in [-0.39, 0.29) is 25.2 Å². The van der Waals surface area contributed by atoms with Crippen LogP contribution in [0.3, 0.4) is 0 Å². The fourth-order valence-electron chi connectivity index (χ4n) is 3.55. The minimum absolute atomic E-state index is 0.163. The Hall–Kier alpha value is 0.0644. The monoisotopic (exact) mass is 764 g/mol. The first-order chi connectivity index (χ1) is 20.6. The molecule has 0 heterocycles. The van der Waals surface area contributed by atoms with E-state index in [4.69, 9.17) is 22.1 Å². The molecule has 4 atom stereocenters. The molecule has 0 saturated heterocycles. The number of carbonyl (C=O) groups is 2. The quantitative estimate of drug-likeness (QED) is 0.129. The van der Waals surface area contributed by atoms with Crippen LogP contribution in [0, 0.1) is 0 Å². The summed E-state index contributed by atoms with van der Waals surface area (Å²) in [7, 11) is -12.9. The Kier molecular flexibility index (Phi) is 15.2. The van der Waals surface area contributed by atoms with Crippen molar-refractivity contribution in [2.75, 3.05) is 0 Å². The number of aldehydes is 1. The van der Waals surface area contributed by atoms with Crippen molar-refractivity contribution >= 4 is 53.8 Å². The maximum Gasteiger partial charge on any atom is 0.323 e. The molecule has 0 radical (unpaired) electrons. The van der Waals surface area contributed by atoms with Crippen LogP contribution >= 0.6 is 0 Å². The summed E-state index contributed by atoms with van der Waals surface area (Å²) in [4.78, 5) is 28.3. The molecule has 0 bridgehead atoms. The van der Waals surface area contributed by atoms with E-state index in [1.807, 2.05) is 0 Å². The largest absolute Gasteiger partial charge is 0.517 e. The molecule has 0 N–H and O–H groups in total. The molecule has 0 aliphatic rings. The first-order valence-electron chi connectivity index (χ1n) is 18.0. The lowest BCUT2D eigenvalue weighted by Gasteiger charge is -2.50. The van der Waals surface area contributed by atoms with Crippen LogP contribution in [-0.4, -0.2) is 78.3 Å². The second kappa shape index (κ2) is 15.2. The van der Waals surface area contributed by atoms with Gasteiger partial charge in [-0.1, -0.05) is 104 Å². The van der Waals surface area contributed by atoms with Gasteiger partial charge in [0, 0.05) is 0 Å². The summed E-state index contributed by atoms with van der Waals surface area (Å²) in [6, 6.07) is 0. The first kappa shape index (κ1) is 48.1. The van der Waals surface area contributed by atoms with Crippen molar-refractivity contribution in [1.82, 2.24) is 0 Å². The van der Waals surface area contributed by atoms with Gasteiger partial charge in [-0.15, -0.1) is 0 Å². The van der Waals surface area contributed by atoms with Gasteiger partial charge in [0.05, 0.1) is 0 Å². The normalized spacial score (nSPS) is 17.9. The first-order valence-corrected chi connectivity index (χ1v) is 32.5. The second-order valence-electron chi connectivity index (χ2n) is 21.6. The van der Waals surface area contributed by atoms with Crippen molar-refractivity contribution < 1.29 is 31.7 Å². The third-order valence-corrected chi connectivity index (χ3v) is 34.6. The maximum absolute atomic E-state index is 14.9. The fraction of sp³-hybridized carbons (Fsp3) is 0.944. The Bertz CT molecular complexity index is 1080. The Morgan fingerprint density at radius 3 is 1.00 bits per heavy atom. The Morgan fingerprint density at radius 1 is 0.438 bits per heavy atom. The zero-order valence-electron chi connectivity index (χ0n) is 36.2. The van der Waals surface area contributed by atoms with Gasteiger partial charge in [-0.25, -0.2) is 0 Å². The predicted octanol–water partition coefficient (Wildman–Crippen LogP) is 11.3. The lowest BCUT2D eigenvalue weighted by Crippen LogP contribution is -2.64. The van der Waals surface area contributed by atoms with Crippen molar-refractivity contribution in [2.45, 2.75) is 219 Å². The van der Waals surface area contributed by atoms with Gasteiger partial charge in [0.1, 0.15) is 24.6 Å². The summed E-state index contributed by atoms with van der Waals surface area (Å²) >= 11 is 0. The Balaban J connectivity index is 8.17. The summed E-state index contributed by atoms with van der Waals surface area (Å²) in [6.45, 7) is 53.9. The Labute approximate surface area is 303 Å². The van der Waals surface area contributed by atoms with E-state index in [1.54, 1.807) is 0 Å². The zero-order valence-corrected chi connectivity index (χ0v) is 41.2. The molecule has 0 aromatic carbocycles. The van der Waals surface area contributed by atoms with Gasteiger partial charge in [-0.2, -0.15) is 0 Å². The van der Waals surface area contributed by atoms with Gasteiger partial charge in [-0.05, 0) is 90.7 Å².